The lowest BCUT2D eigenvalue weighted by molar-refractivity contribution is -0.123. The number of nitrogens with zero attached hydrogens (tertiary/aromatic N) is 2. The van der Waals surface area contributed by atoms with Crippen molar-refractivity contribution in [3.63, 3.8) is 0 Å². The summed E-state index contributed by atoms with van der Waals surface area (Å²) in [4.78, 5) is 24.6. The molecular weight excluding hydrogens is 318 g/mol. The molecule has 6 heteroatoms. The molecule has 1 amide bonds. The van der Waals surface area contributed by atoms with E-state index in [0.29, 0.717) is 16.8 Å². The van der Waals surface area contributed by atoms with E-state index in [2.05, 4.69) is 5.32 Å². The monoisotopic (exact) mass is 339 g/mol. The summed E-state index contributed by atoms with van der Waals surface area (Å²) in [6, 6.07) is 10.4. The summed E-state index contributed by atoms with van der Waals surface area (Å²) in [5.41, 5.74) is 2.97. The van der Waals surface area contributed by atoms with Gasteiger partial charge < -0.3 is 14.6 Å². The zero-order chi connectivity index (χ0) is 18.6. The van der Waals surface area contributed by atoms with Gasteiger partial charge >= 0.3 is 5.97 Å². The fourth-order valence-electron chi connectivity index (χ4n) is 2.70. The summed E-state index contributed by atoms with van der Waals surface area (Å²) in [7, 11) is 0. The average Bonchev–Trinajstić information content (AvgIpc) is 2.89. The smallest absolute Gasteiger partial charge is 0.340 e. The van der Waals surface area contributed by atoms with E-state index in [-0.39, 0.29) is 0 Å². The van der Waals surface area contributed by atoms with Crippen molar-refractivity contribution in [2.24, 2.45) is 0 Å². The predicted molar refractivity (Wildman–Crippen MR) is 94.2 cm³/mol. The third-order valence-corrected chi connectivity index (χ3v) is 4.07. The topological polar surface area (TPSA) is 84.1 Å². The normalized spacial score (nSPS) is 11.5. The molecule has 0 spiro atoms. The molecule has 0 saturated heterocycles. The van der Waals surface area contributed by atoms with Gasteiger partial charge in [-0.15, -0.1) is 0 Å². The van der Waals surface area contributed by atoms with E-state index < -0.39 is 18.0 Å². The van der Waals surface area contributed by atoms with E-state index in [1.165, 1.54) is 6.92 Å². The highest BCUT2D eigenvalue weighted by Gasteiger charge is 2.22. The highest BCUT2D eigenvalue weighted by atomic mass is 16.5. The molecule has 0 bridgehead atoms. The van der Waals surface area contributed by atoms with Gasteiger partial charge in [-0.05, 0) is 45.9 Å². The number of aryl methyl sites for hydroxylation is 1. The Morgan fingerprint density at radius 2 is 2.00 bits per heavy atom. The van der Waals surface area contributed by atoms with Gasteiger partial charge in [-0.1, -0.05) is 12.1 Å². The SMILES string of the molecule is CCn1c(C)cc(C(=O)O[C@H](C)C(=O)Nc2ccccc2C#N)c1C. The number of amides is 1. The lowest BCUT2D eigenvalue weighted by Gasteiger charge is -2.14. The van der Waals surface area contributed by atoms with Crippen LogP contribution < -0.4 is 5.32 Å². The number of benzene rings is 1. The third-order valence-electron chi connectivity index (χ3n) is 4.07. The molecule has 0 saturated carbocycles. The number of para-hydroxylation sites is 1. The van der Waals surface area contributed by atoms with Gasteiger partial charge in [-0.3, -0.25) is 4.79 Å². The molecule has 0 radical (unpaired) electrons. The van der Waals surface area contributed by atoms with Crippen LogP contribution in [0.25, 0.3) is 0 Å². The average molecular weight is 339 g/mol. The molecule has 1 aromatic carbocycles. The Morgan fingerprint density at radius 1 is 1.32 bits per heavy atom. The van der Waals surface area contributed by atoms with Gasteiger partial charge in [0.15, 0.2) is 6.10 Å². The van der Waals surface area contributed by atoms with Crippen molar-refractivity contribution < 1.29 is 14.3 Å². The molecule has 0 aliphatic heterocycles. The molecular formula is C19H21N3O3. The van der Waals surface area contributed by atoms with Crippen LogP contribution in [-0.4, -0.2) is 22.5 Å². The molecule has 6 nitrogen and oxygen atoms in total. The number of nitrogens with one attached hydrogen (secondary N) is 1. The van der Waals surface area contributed by atoms with E-state index in [9.17, 15) is 9.59 Å². The van der Waals surface area contributed by atoms with E-state index in [4.69, 9.17) is 10.00 Å². The Bertz CT molecular complexity index is 846. The highest BCUT2D eigenvalue weighted by Crippen LogP contribution is 2.18. The third kappa shape index (κ3) is 3.89. The predicted octanol–water partition coefficient (Wildman–Crippen LogP) is 3.18. The number of aromatic nitrogens is 1. The van der Waals surface area contributed by atoms with Gasteiger partial charge in [0.1, 0.15) is 6.07 Å². The second-order valence-corrected chi connectivity index (χ2v) is 5.72. The molecule has 0 unspecified atom stereocenters. The van der Waals surface area contributed by atoms with Crippen molar-refractivity contribution in [1.82, 2.24) is 4.57 Å². The molecule has 0 aliphatic rings. The fourth-order valence-corrected chi connectivity index (χ4v) is 2.70. The molecule has 0 fully saturated rings. The summed E-state index contributed by atoms with van der Waals surface area (Å²) in [5, 5.41) is 11.7. The van der Waals surface area contributed by atoms with Crippen molar-refractivity contribution >= 4 is 17.6 Å². The second kappa shape index (κ2) is 7.67. The fraction of sp³-hybridized carbons (Fsp3) is 0.316. The maximum Gasteiger partial charge on any atom is 0.340 e. The van der Waals surface area contributed by atoms with Crippen LogP contribution in [0.15, 0.2) is 30.3 Å². The number of nitriles is 1. The van der Waals surface area contributed by atoms with Crippen LogP contribution in [0.5, 0.6) is 0 Å². The summed E-state index contributed by atoms with van der Waals surface area (Å²) in [6.45, 7) is 8.02. The lowest BCUT2D eigenvalue weighted by atomic mass is 10.2. The van der Waals surface area contributed by atoms with Crippen molar-refractivity contribution in [3.05, 3.63) is 52.8 Å². The minimum atomic E-state index is -0.982. The van der Waals surface area contributed by atoms with Crippen molar-refractivity contribution in [2.75, 3.05) is 5.32 Å². The first-order valence-electron chi connectivity index (χ1n) is 8.06. The maximum absolute atomic E-state index is 12.4. The molecule has 130 valence electrons. The van der Waals surface area contributed by atoms with Gasteiger partial charge in [-0.25, -0.2) is 4.79 Å². The first kappa shape index (κ1) is 18.3. The van der Waals surface area contributed by atoms with Gasteiger partial charge in [0.05, 0.1) is 16.8 Å². The van der Waals surface area contributed by atoms with E-state index in [1.807, 2.05) is 31.4 Å². The zero-order valence-electron chi connectivity index (χ0n) is 14.8. The van der Waals surface area contributed by atoms with E-state index >= 15 is 0 Å². The first-order chi connectivity index (χ1) is 11.9. The van der Waals surface area contributed by atoms with Crippen LogP contribution in [0.4, 0.5) is 5.69 Å². The number of hydrogen-bond donors (Lipinski definition) is 1. The standard InChI is InChI=1S/C19H21N3O3/c1-5-22-12(2)10-16(13(22)3)19(24)25-14(4)18(23)21-17-9-7-6-8-15(17)11-20/h6-10,14H,5H2,1-4H3,(H,21,23)/t14-/m1/s1. The Morgan fingerprint density at radius 3 is 2.60 bits per heavy atom. The largest absolute Gasteiger partial charge is 0.449 e. The van der Waals surface area contributed by atoms with E-state index in [1.54, 1.807) is 30.3 Å². The molecule has 25 heavy (non-hydrogen) atoms. The van der Waals surface area contributed by atoms with Crippen LogP contribution in [0.2, 0.25) is 0 Å². The minimum absolute atomic E-state index is 0.348. The number of ether oxygens (including phenoxy) is 1. The highest BCUT2D eigenvalue weighted by molar-refractivity contribution is 5.98. The summed E-state index contributed by atoms with van der Waals surface area (Å²) >= 11 is 0. The van der Waals surface area contributed by atoms with Crippen molar-refractivity contribution in [1.29, 1.82) is 5.26 Å². The molecule has 1 aromatic heterocycles. The van der Waals surface area contributed by atoms with Crippen LogP contribution in [0, 0.1) is 25.2 Å². The maximum atomic E-state index is 12.4. The molecule has 2 aromatic rings. The van der Waals surface area contributed by atoms with Crippen LogP contribution in [0.3, 0.4) is 0 Å². The molecule has 1 atom stereocenters. The number of esters is 1. The lowest BCUT2D eigenvalue weighted by Crippen LogP contribution is -2.30. The van der Waals surface area contributed by atoms with Crippen molar-refractivity contribution in [2.45, 2.75) is 40.3 Å². The Hall–Kier alpha value is -3.07. The van der Waals surface area contributed by atoms with Crippen LogP contribution in [-0.2, 0) is 16.1 Å². The number of carbonyl (C=O) groups is 2. The van der Waals surface area contributed by atoms with E-state index in [0.717, 1.165) is 17.9 Å². The zero-order valence-corrected chi connectivity index (χ0v) is 14.8. The molecule has 0 aliphatic carbocycles. The Labute approximate surface area is 147 Å². The second-order valence-electron chi connectivity index (χ2n) is 5.72. The Kier molecular flexibility index (Phi) is 5.60. The van der Waals surface area contributed by atoms with Gasteiger partial charge in [0, 0.05) is 17.9 Å². The van der Waals surface area contributed by atoms with Gasteiger partial charge in [-0.2, -0.15) is 5.26 Å². The Balaban J connectivity index is 2.09. The summed E-state index contributed by atoms with van der Waals surface area (Å²) in [6.07, 6.45) is -0.982. The van der Waals surface area contributed by atoms with Crippen LogP contribution >= 0.6 is 0 Å². The van der Waals surface area contributed by atoms with Gasteiger partial charge in [0.2, 0.25) is 0 Å². The number of hydrogen-bond acceptors (Lipinski definition) is 4. The number of anilines is 1. The number of carbonyl (C=O) groups excluding carboxylic acids is 2. The van der Waals surface area contributed by atoms with Crippen LogP contribution in [0.1, 0.15) is 41.2 Å². The number of rotatable bonds is 5. The first-order valence-corrected chi connectivity index (χ1v) is 8.06. The van der Waals surface area contributed by atoms with Gasteiger partial charge in [0.25, 0.3) is 5.91 Å². The molecule has 1 N–H and O–H groups in total. The quantitative estimate of drug-likeness (QED) is 0.848. The summed E-state index contributed by atoms with van der Waals surface area (Å²) < 4.78 is 7.29. The minimum Gasteiger partial charge on any atom is -0.449 e. The molecule has 2 rings (SSSR count). The molecule has 1 heterocycles. The van der Waals surface area contributed by atoms with Crippen molar-refractivity contribution in [3.8, 4) is 6.07 Å². The summed E-state index contributed by atoms with van der Waals surface area (Å²) in [5.74, 6) is -1.02.